The number of fused-ring (bicyclic) bond motifs is 8. The van der Waals surface area contributed by atoms with Gasteiger partial charge in [0.25, 0.3) is 0 Å². The van der Waals surface area contributed by atoms with Gasteiger partial charge in [-0.3, -0.25) is 0 Å². The summed E-state index contributed by atoms with van der Waals surface area (Å²) in [5, 5.41) is 10.5. The van der Waals surface area contributed by atoms with Gasteiger partial charge in [0.05, 0.1) is 0 Å². The highest BCUT2D eigenvalue weighted by Crippen LogP contribution is 2.47. The molecule has 394 valence electrons. The minimum absolute atomic E-state index is 0.0865. The first-order chi connectivity index (χ1) is 38.4. The fourth-order valence-corrected chi connectivity index (χ4v) is 12.9. The van der Waals surface area contributed by atoms with E-state index in [1.54, 1.807) is 0 Å². The van der Waals surface area contributed by atoms with Crippen LogP contribution in [0.15, 0.2) is 194 Å². The zero-order chi connectivity index (χ0) is 55.5. The minimum Gasteiger partial charge on any atom is -0.341 e. The molecule has 0 aliphatic carbocycles. The summed E-state index contributed by atoms with van der Waals surface area (Å²) >= 11 is 0. The lowest BCUT2D eigenvalue weighted by Gasteiger charge is -2.21. The van der Waals surface area contributed by atoms with Crippen molar-refractivity contribution >= 4 is 65.2 Å². The normalized spacial score (nSPS) is 12.3. The molecule has 80 heavy (non-hydrogen) atoms. The minimum atomic E-state index is 0.0865. The Morgan fingerprint density at radius 3 is 0.738 bits per heavy atom. The third-order valence-corrected chi connectivity index (χ3v) is 17.9. The van der Waals surface area contributed by atoms with Crippen molar-refractivity contribution in [2.75, 3.05) is 0 Å². The molecule has 2 heterocycles. The van der Waals surface area contributed by atoms with Crippen molar-refractivity contribution in [3.63, 3.8) is 0 Å². The van der Waals surface area contributed by atoms with E-state index < -0.39 is 0 Å². The highest BCUT2D eigenvalue weighted by atomic mass is 15.0. The summed E-state index contributed by atoms with van der Waals surface area (Å²) in [7, 11) is 0. The molecule has 2 nitrogen and oxygen atoms in total. The summed E-state index contributed by atoms with van der Waals surface area (Å²) in [4.78, 5) is 0. The molecule has 0 atom stereocenters. The van der Waals surface area contributed by atoms with Gasteiger partial charge in [0.2, 0.25) is 0 Å². The molecule has 13 aromatic rings. The molecule has 11 aromatic carbocycles. The number of aryl methyl sites for hydroxylation is 6. The molecule has 2 heteroatoms. The smallest absolute Gasteiger partial charge is 0.0491 e. The fraction of sp³-hybridized carbons (Fsp3) is 0.205. The van der Waals surface area contributed by atoms with E-state index in [0.717, 1.165) is 13.1 Å². The Balaban J connectivity index is 0.825. The van der Waals surface area contributed by atoms with Crippen molar-refractivity contribution in [3.05, 3.63) is 228 Å². The van der Waals surface area contributed by atoms with E-state index in [1.165, 1.54) is 165 Å². The predicted molar refractivity (Wildman–Crippen MR) is 348 cm³/mol. The van der Waals surface area contributed by atoms with E-state index in [0.29, 0.717) is 0 Å². The molecule has 0 N–H and O–H groups in total. The molecule has 0 saturated heterocycles. The Kier molecular flexibility index (Phi) is 12.2. The first-order valence-corrected chi connectivity index (χ1v) is 29.0. The van der Waals surface area contributed by atoms with Crippen molar-refractivity contribution in [2.24, 2.45) is 0 Å². The van der Waals surface area contributed by atoms with Crippen LogP contribution < -0.4 is 0 Å². The van der Waals surface area contributed by atoms with Crippen LogP contribution in [0.1, 0.15) is 88.8 Å². The first-order valence-electron chi connectivity index (χ1n) is 29.0. The number of nitrogens with zero attached hydrogens (tertiary/aromatic N) is 2. The Bertz CT molecular complexity index is 4230. The van der Waals surface area contributed by atoms with Crippen molar-refractivity contribution in [2.45, 2.75) is 107 Å². The number of hydrogen-bond acceptors (Lipinski definition) is 0. The van der Waals surface area contributed by atoms with Gasteiger partial charge in [-0.2, -0.15) is 0 Å². The van der Waals surface area contributed by atoms with Gasteiger partial charge in [-0.15, -0.1) is 0 Å². The zero-order valence-corrected chi connectivity index (χ0v) is 48.8. The van der Waals surface area contributed by atoms with Crippen LogP contribution in [0.2, 0.25) is 0 Å². The maximum Gasteiger partial charge on any atom is 0.0491 e. The predicted octanol–water partition coefficient (Wildman–Crippen LogP) is 22.1. The summed E-state index contributed by atoms with van der Waals surface area (Å²) in [6, 6.07) is 74.8. The number of rotatable bonds is 8. The lowest BCUT2D eigenvalue weighted by Crippen LogP contribution is -2.10. The molecule has 0 aliphatic heterocycles. The van der Waals surface area contributed by atoms with E-state index in [9.17, 15) is 0 Å². The largest absolute Gasteiger partial charge is 0.341 e. The Morgan fingerprint density at radius 2 is 0.475 bits per heavy atom. The molecule has 0 spiro atoms. The van der Waals surface area contributed by atoms with Gasteiger partial charge in [0.1, 0.15) is 0 Å². The van der Waals surface area contributed by atoms with E-state index in [4.69, 9.17) is 0 Å². The van der Waals surface area contributed by atoms with Gasteiger partial charge >= 0.3 is 0 Å². The summed E-state index contributed by atoms with van der Waals surface area (Å²) in [6.45, 7) is 29.2. The van der Waals surface area contributed by atoms with Gasteiger partial charge in [-0.25, -0.2) is 0 Å². The first kappa shape index (κ1) is 51.0. The van der Waals surface area contributed by atoms with Crippen LogP contribution >= 0.6 is 0 Å². The highest BCUT2D eigenvalue weighted by Gasteiger charge is 2.22. The molecule has 0 radical (unpaired) electrons. The molecular weight excluding hydrogens is 965 g/mol. The molecule has 0 unspecified atom stereocenters. The summed E-state index contributed by atoms with van der Waals surface area (Å²) in [5.41, 5.74) is 28.2. The van der Waals surface area contributed by atoms with Gasteiger partial charge in [0.15, 0.2) is 0 Å². The van der Waals surface area contributed by atoms with Crippen LogP contribution in [-0.4, -0.2) is 9.13 Å². The molecular formula is C78H72N2. The van der Waals surface area contributed by atoms with Gasteiger partial charge in [0, 0.05) is 56.7 Å². The van der Waals surface area contributed by atoms with Crippen LogP contribution in [0.25, 0.3) is 132 Å². The second kappa shape index (κ2) is 19.1. The zero-order valence-electron chi connectivity index (χ0n) is 48.8. The number of hydrogen-bond donors (Lipinski definition) is 0. The molecule has 2 aromatic heterocycles. The van der Waals surface area contributed by atoms with Crippen LogP contribution in [0.3, 0.4) is 0 Å². The van der Waals surface area contributed by atoms with Gasteiger partial charge < -0.3 is 9.13 Å². The molecule has 0 amide bonds. The maximum absolute atomic E-state index is 2.45. The van der Waals surface area contributed by atoms with Crippen molar-refractivity contribution in [1.29, 1.82) is 0 Å². The van der Waals surface area contributed by atoms with Crippen LogP contribution in [0.5, 0.6) is 0 Å². The highest BCUT2D eigenvalue weighted by molar-refractivity contribution is 6.22. The lowest BCUT2D eigenvalue weighted by atomic mass is 9.83. The SMILES string of the molecule is CCn1c2ccc(-c3ccc(-c4ccc(-c5c6cc(C)c(C)cc6c(-c6ccc(-c7ccc(-c8ccc9c(c8)c8cc(C(C)(C)C)ccc8n9CC)cc7)cc6)c6cc(C)c(C)cc56)cc4)cc3)cc2c2cc(C(C)(C)C)ccc21. The fourth-order valence-electron chi connectivity index (χ4n) is 12.9. The molecule has 0 saturated carbocycles. The van der Waals surface area contributed by atoms with E-state index in [1.807, 2.05) is 0 Å². The lowest BCUT2D eigenvalue weighted by molar-refractivity contribution is 0.591. The van der Waals surface area contributed by atoms with Gasteiger partial charge in [-0.1, -0.05) is 187 Å². The summed E-state index contributed by atoms with van der Waals surface area (Å²) in [5.74, 6) is 0. The monoisotopic (exact) mass is 1040 g/mol. The third-order valence-electron chi connectivity index (χ3n) is 17.9. The quantitative estimate of drug-likeness (QED) is 0.134. The van der Waals surface area contributed by atoms with Crippen LogP contribution in [0, 0.1) is 27.7 Å². The molecule has 0 fully saturated rings. The molecule has 0 aliphatic rings. The van der Waals surface area contributed by atoms with Crippen molar-refractivity contribution in [1.82, 2.24) is 9.13 Å². The molecule has 13 rings (SSSR count). The van der Waals surface area contributed by atoms with E-state index in [2.05, 4.69) is 286 Å². The maximum atomic E-state index is 2.45. The topological polar surface area (TPSA) is 9.86 Å². The van der Waals surface area contributed by atoms with E-state index >= 15 is 0 Å². The van der Waals surface area contributed by atoms with Crippen molar-refractivity contribution < 1.29 is 0 Å². The average Bonchev–Trinajstić information content (AvgIpc) is 4.11. The van der Waals surface area contributed by atoms with Crippen molar-refractivity contribution in [3.8, 4) is 66.8 Å². The van der Waals surface area contributed by atoms with Crippen LogP contribution in [0.4, 0.5) is 0 Å². The van der Waals surface area contributed by atoms with E-state index in [-0.39, 0.29) is 10.8 Å². The molecule has 0 bridgehead atoms. The standard InChI is InChI=1S/C78H72N2/c1-13-79-71-35-31-59(43-63(71)65-45-61(77(7,8)9)33-37-73(65)79)55-19-15-51(16-20-55)53-23-27-57(28-24-53)75-67-39-47(3)49(5)41-69(67)76(70-42-50(6)48(4)40-68(70)75)58-29-25-54(26-30-58)52-17-21-56(22-18-52)60-32-36-72-64(44-60)66-46-62(78(10,11)12)34-38-74(66)80(72)14-2/h15-46H,13-14H2,1-12H3. The van der Waals surface area contributed by atoms with Crippen LogP contribution in [-0.2, 0) is 23.9 Å². The Morgan fingerprint density at radius 1 is 0.250 bits per heavy atom. The Labute approximate surface area is 473 Å². The number of aromatic nitrogens is 2. The Hall–Kier alpha value is -8.46. The average molecular weight is 1040 g/mol. The third kappa shape index (κ3) is 8.54. The van der Waals surface area contributed by atoms with Gasteiger partial charge in [-0.05, 0) is 223 Å². The summed E-state index contributed by atoms with van der Waals surface area (Å²) in [6.07, 6.45) is 0. The second-order valence-electron chi connectivity index (χ2n) is 24.9. The number of benzene rings is 11. The summed E-state index contributed by atoms with van der Waals surface area (Å²) < 4.78 is 4.90. The second-order valence-corrected chi connectivity index (χ2v) is 24.9.